The SMILES string of the molecule is CCNC(Cc1nc(C)c(C)s1)c1cnccn1. The lowest BCUT2D eigenvalue weighted by Crippen LogP contribution is -2.24. The van der Waals surface area contributed by atoms with Crippen LogP contribution < -0.4 is 5.32 Å². The first-order valence-corrected chi connectivity index (χ1v) is 6.94. The molecule has 0 amide bonds. The van der Waals surface area contributed by atoms with Gasteiger partial charge in [0.1, 0.15) is 0 Å². The molecule has 0 radical (unpaired) electrons. The normalized spacial score (nSPS) is 12.6. The van der Waals surface area contributed by atoms with Gasteiger partial charge in [0, 0.05) is 29.9 Å². The van der Waals surface area contributed by atoms with Gasteiger partial charge in [-0.1, -0.05) is 6.92 Å². The van der Waals surface area contributed by atoms with Crippen molar-refractivity contribution in [1.29, 1.82) is 0 Å². The Balaban J connectivity index is 2.16. The Labute approximate surface area is 112 Å². The van der Waals surface area contributed by atoms with E-state index in [2.05, 4.69) is 41.0 Å². The minimum Gasteiger partial charge on any atom is -0.309 e. The Kier molecular flexibility index (Phi) is 4.38. The van der Waals surface area contributed by atoms with Crippen molar-refractivity contribution in [1.82, 2.24) is 20.3 Å². The minimum atomic E-state index is 0.189. The summed E-state index contributed by atoms with van der Waals surface area (Å²) in [5.41, 5.74) is 2.11. The zero-order chi connectivity index (χ0) is 13.0. The van der Waals surface area contributed by atoms with Gasteiger partial charge in [-0.25, -0.2) is 4.98 Å². The molecule has 0 bridgehead atoms. The summed E-state index contributed by atoms with van der Waals surface area (Å²) in [7, 11) is 0. The van der Waals surface area contributed by atoms with E-state index in [0.717, 1.165) is 29.4 Å². The standard InChI is InChI=1S/C13H18N4S/c1-4-15-11(12-8-14-5-6-16-12)7-13-17-9(2)10(3)18-13/h5-6,8,11,15H,4,7H2,1-3H3. The fraction of sp³-hybridized carbons (Fsp3) is 0.462. The van der Waals surface area contributed by atoms with E-state index < -0.39 is 0 Å². The molecule has 0 spiro atoms. The maximum atomic E-state index is 4.59. The molecule has 0 saturated carbocycles. The van der Waals surface area contributed by atoms with Crippen LogP contribution in [0.15, 0.2) is 18.6 Å². The molecule has 1 unspecified atom stereocenters. The van der Waals surface area contributed by atoms with Crippen LogP contribution in [0.1, 0.15) is 34.2 Å². The lowest BCUT2D eigenvalue weighted by atomic mass is 10.1. The molecule has 2 aromatic heterocycles. The van der Waals surface area contributed by atoms with Gasteiger partial charge in [-0.2, -0.15) is 0 Å². The summed E-state index contributed by atoms with van der Waals surface area (Å²) in [6, 6.07) is 0.189. The first-order chi connectivity index (χ1) is 8.70. The first-order valence-electron chi connectivity index (χ1n) is 6.13. The summed E-state index contributed by atoms with van der Waals surface area (Å²) >= 11 is 1.76. The van der Waals surface area contributed by atoms with Crippen LogP contribution in [0.4, 0.5) is 0 Å². The predicted molar refractivity (Wildman–Crippen MR) is 73.7 cm³/mol. The number of likely N-dealkylation sites (N-methyl/N-ethyl adjacent to an activating group) is 1. The molecule has 0 aromatic carbocycles. The summed E-state index contributed by atoms with van der Waals surface area (Å²) in [4.78, 5) is 14.4. The quantitative estimate of drug-likeness (QED) is 0.899. The molecule has 0 saturated heterocycles. The molecule has 0 aliphatic rings. The maximum Gasteiger partial charge on any atom is 0.0950 e. The van der Waals surface area contributed by atoms with E-state index in [-0.39, 0.29) is 6.04 Å². The second-order valence-corrected chi connectivity index (χ2v) is 5.48. The molecule has 2 heterocycles. The highest BCUT2D eigenvalue weighted by Crippen LogP contribution is 2.22. The number of thiazole rings is 1. The predicted octanol–water partition coefficient (Wildman–Crippen LogP) is 2.44. The van der Waals surface area contributed by atoms with Crippen LogP contribution in [-0.2, 0) is 6.42 Å². The second kappa shape index (κ2) is 6.02. The molecule has 0 aliphatic carbocycles. The summed E-state index contributed by atoms with van der Waals surface area (Å²) in [5.74, 6) is 0. The summed E-state index contributed by atoms with van der Waals surface area (Å²) < 4.78 is 0. The van der Waals surface area contributed by atoms with Crippen molar-refractivity contribution >= 4 is 11.3 Å². The summed E-state index contributed by atoms with van der Waals surface area (Å²) in [5, 5.41) is 4.59. The smallest absolute Gasteiger partial charge is 0.0950 e. The molecule has 2 rings (SSSR count). The van der Waals surface area contributed by atoms with Crippen LogP contribution in [0.5, 0.6) is 0 Å². The lowest BCUT2D eigenvalue weighted by molar-refractivity contribution is 0.533. The van der Waals surface area contributed by atoms with Crippen LogP contribution >= 0.6 is 11.3 Å². The number of hydrogen-bond acceptors (Lipinski definition) is 5. The topological polar surface area (TPSA) is 50.7 Å². The van der Waals surface area contributed by atoms with Gasteiger partial charge in [0.15, 0.2) is 0 Å². The van der Waals surface area contributed by atoms with Crippen molar-refractivity contribution in [2.45, 2.75) is 33.2 Å². The highest BCUT2D eigenvalue weighted by Gasteiger charge is 2.15. The van der Waals surface area contributed by atoms with Gasteiger partial charge in [0.2, 0.25) is 0 Å². The molecule has 0 fully saturated rings. The molecule has 96 valence electrons. The Morgan fingerprint density at radius 2 is 2.17 bits per heavy atom. The van der Waals surface area contributed by atoms with E-state index in [0.29, 0.717) is 0 Å². The van der Waals surface area contributed by atoms with Crippen molar-refractivity contribution in [3.05, 3.63) is 39.9 Å². The van der Waals surface area contributed by atoms with E-state index >= 15 is 0 Å². The average Bonchev–Trinajstić information content (AvgIpc) is 2.69. The Morgan fingerprint density at radius 1 is 1.33 bits per heavy atom. The fourth-order valence-corrected chi connectivity index (χ4v) is 2.80. The third kappa shape index (κ3) is 3.11. The molecule has 18 heavy (non-hydrogen) atoms. The summed E-state index contributed by atoms with van der Waals surface area (Å²) in [6.45, 7) is 7.17. The highest BCUT2D eigenvalue weighted by atomic mass is 32.1. The van der Waals surface area contributed by atoms with Gasteiger partial charge in [0.25, 0.3) is 0 Å². The first kappa shape index (κ1) is 13.1. The van der Waals surface area contributed by atoms with E-state index in [1.807, 2.05) is 6.20 Å². The van der Waals surface area contributed by atoms with Crippen molar-refractivity contribution < 1.29 is 0 Å². The maximum absolute atomic E-state index is 4.59. The van der Waals surface area contributed by atoms with Crippen LogP contribution in [-0.4, -0.2) is 21.5 Å². The number of rotatable bonds is 5. The third-order valence-corrected chi connectivity index (χ3v) is 3.94. The minimum absolute atomic E-state index is 0.189. The Bertz CT molecular complexity index is 475. The van der Waals surface area contributed by atoms with Gasteiger partial charge < -0.3 is 5.32 Å². The van der Waals surface area contributed by atoms with Gasteiger partial charge in [-0.15, -0.1) is 11.3 Å². The van der Waals surface area contributed by atoms with Crippen LogP contribution in [0.3, 0.4) is 0 Å². The van der Waals surface area contributed by atoms with Crippen molar-refractivity contribution in [3.63, 3.8) is 0 Å². The van der Waals surface area contributed by atoms with E-state index in [9.17, 15) is 0 Å². The molecular weight excluding hydrogens is 244 g/mol. The van der Waals surface area contributed by atoms with E-state index in [1.165, 1.54) is 4.88 Å². The van der Waals surface area contributed by atoms with Gasteiger partial charge in [-0.3, -0.25) is 9.97 Å². The molecular formula is C13H18N4S. The number of aromatic nitrogens is 3. The zero-order valence-corrected chi connectivity index (χ0v) is 11.8. The molecule has 5 heteroatoms. The largest absolute Gasteiger partial charge is 0.309 e. The van der Waals surface area contributed by atoms with Gasteiger partial charge in [0.05, 0.1) is 22.4 Å². The number of aryl methyl sites for hydroxylation is 2. The Morgan fingerprint density at radius 3 is 2.72 bits per heavy atom. The average molecular weight is 262 g/mol. The Hall–Kier alpha value is -1.33. The van der Waals surface area contributed by atoms with Gasteiger partial charge in [-0.05, 0) is 20.4 Å². The third-order valence-electron chi connectivity index (χ3n) is 2.84. The fourth-order valence-electron chi connectivity index (χ4n) is 1.82. The molecule has 1 N–H and O–H groups in total. The lowest BCUT2D eigenvalue weighted by Gasteiger charge is -2.15. The van der Waals surface area contributed by atoms with E-state index in [1.54, 1.807) is 23.7 Å². The molecule has 0 aliphatic heterocycles. The molecule has 1 atom stereocenters. The van der Waals surface area contributed by atoms with Crippen molar-refractivity contribution in [3.8, 4) is 0 Å². The number of nitrogens with zero attached hydrogens (tertiary/aromatic N) is 3. The summed E-state index contributed by atoms with van der Waals surface area (Å²) in [6.07, 6.45) is 6.12. The molecule has 2 aromatic rings. The van der Waals surface area contributed by atoms with Crippen molar-refractivity contribution in [2.75, 3.05) is 6.54 Å². The van der Waals surface area contributed by atoms with Crippen LogP contribution in [0.25, 0.3) is 0 Å². The van der Waals surface area contributed by atoms with Crippen molar-refractivity contribution in [2.24, 2.45) is 0 Å². The van der Waals surface area contributed by atoms with Gasteiger partial charge >= 0.3 is 0 Å². The van der Waals surface area contributed by atoms with E-state index in [4.69, 9.17) is 0 Å². The van der Waals surface area contributed by atoms with Crippen LogP contribution in [0, 0.1) is 13.8 Å². The van der Waals surface area contributed by atoms with Crippen LogP contribution in [0.2, 0.25) is 0 Å². The molecule has 4 nitrogen and oxygen atoms in total. The zero-order valence-electron chi connectivity index (χ0n) is 11.0. The number of hydrogen-bond donors (Lipinski definition) is 1. The highest BCUT2D eigenvalue weighted by molar-refractivity contribution is 7.11. The number of nitrogens with one attached hydrogen (secondary N) is 1. The second-order valence-electron chi connectivity index (χ2n) is 4.19. The monoisotopic (exact) mass is 262 g/mol.